The van der Waals surface area contributed by atoms with Crippen LogP contribution in [-0.4, -0.2) is 216 Å². The van der Waals surface area contributed by atoms with Gasteiger partial charge in [0.15, 0.2) is 31.1 Å². The maximum absolute atomic E-state index is 13.9. The van der Waals surface area contributed by atoms with E-state index in [4.69, 9.17) is 37.9 Å². The lowest BCUT2D eigenvalue weighted by atomic mass is 9.32. The van der Waals surface area contributed by atoms with Crippen LogP contribution < -0.4 is 0 Å². The molecule has 23 heteroatoms. The van der Waals surface area contributed by atoms with Crippen LogP contribution in [0.15, 0.2) is 34.9 Å². The first-order chi connectivity index (χ1) is 37.9. The molecule has 460 valence electrons. The van der Waals surface area contributed by atoms with E-state index < -0.39 is 199 Å². The Kier molecular flexibility index (Phi) is 18.4. The van der Waals surface area contributed by atoms with E-state index in [1.165, 1.54) is 0 Å². The van der Waals surface area contributed by atoms with E-state index in [0.29, 0.717) is 37.7 Å². The van der Waals surface area contributed by atoms with Crippen LogP contribution in [0.3, 0.4) is 0 Å². The molecule has 23 nitrogen and oxygen atoms in total. The quantitative estimate of drug-likeness (QED) is 0.0460. The summed E-state index contributed by atoms with van der Waals surface area (Å²) in [6.45, 7) is 17.8. The third kappa shape index (κ3) is 10.1. The van der Waals surface area contributed by atoms with Crippen molar-refractivity contribution in [1.82, 2.24) is 0 Å². The molecule has 7 fully saturated rings. The molecule has 0 amide bonds. The summed E-state index contributed by atoms with van der Waals surface area (Å²) in [6.07, 6.45) is -21.5. The fourth-order valence-corrected chi connectivity index (χ4v) is 16.6. The molecule has 0 aromatic rings. The highest BCUT2D eigenvalue weighted by molar-refractivity contribution is 5.89. The van der Waals surface area contributed by atoms with Crippen molar-refractivity contribution in [1.29, 1.82) is 0 Å². The third-order valence-corrected chi connectivity index (χ3v) is 21.8. The number of rotatable bonds is 15. The lowest BCUT2D eigenvalue weighted by molar-refractivity contribution is -0.385. The predicted molar refractivity (Wildman–Crippen MR) is 281 cm³/mol. The van der Waals surface area contributed by atoms with E-state index in [1.807, 2.05) is 34.6 Å². The number of carbonyl (C=O) groups excluding carboxylic acids is 2. The Labute approximate surface area is 472 Å². The van der Waals surface area contributed by atoms with Crippen molar-refractivity contribution in [3.63, 3.8) is 0 Å². The smallest absolute Gasteiger partial charge is 0.335 e. The molecular weight excluding hydrogens is 1060 g/mol. The number of aliphatic hydroxyl groups excluding tert-OH is 11. The maximum Gasteiger partial charge on any atom is 0.335 e. The average Bonchev–Trinajstić information content (AvgIpc) is 3.88. The first kappa shape index (κ1) is 64.0. The molecule has 3 heterocycles. The average molecular weight is 1160 g/mol. The van der Waals surface area contributed by atoms with Crippen molar-refractivity contribution in [3.05, 3.63) is 34.9 Å². The first-order valence-corrected chi connectivity index (χ1v) is 28.6. The van der Waals surface area contributed by atoms with E-state index in [1.54, 1.807) is 39.8 Å². The normalized spacial score (nSPS) is 48.6. The topological polar surface area (TPSA) is 368 Å². The van der Waals surface area contributed by atoms with Gasteiger partial charge in [0.1, 0.15) is 48.8 Å². The fraction of sp³-hybridized carbons (Fsp3) is 0.845. The molecule has 5 aliphatic carbocycles. The van der Waals surface area contributed by atoms with Gasteiger partial charge in [-0.3, -0.25) is 0 Å². The summed E-state index contributed by atoms with van der Waals surface area (Å²) in [6, 6.07) is 0. The monoisotopic (exact) mass is 1150 g/mol. The van der Waals surface area contributed by atoms with Crippen molar-refractivity contribution < 1.29 is 114 Å². The second kappa shape index (κ2) is 23.3. The summed E-state index contributed by atoms with van der Waals surface area (Å²) >= 11 is 0. The minimum absolute atomic E-state index is 0.151. The Morgan fingerprint density at radius 1 is 0.642 bits per heavy atom. The van der Waals surface area contributed by atoms with Crippen molar-refractivity contribution in [3.8, 4) is 0 Å². The molecule has 0 spiro atoms. The number of hydrogen-bond acceptors (Lipinski definition) is 22. The van der Waals surface area contributed by atoms with E-state index >= 15 is 0 Å². The van der Waals surface area contributed by atoms with Crippen LogP contribution in [0.25, 0.3) is 0 Å². The van der Waals surface area contributed by atoms with Gasteiger partial charge in [-0.1, -0.05) is 72.3 Å². The summed E-state index contributed by atoms with van der Waals surface area (Å²) in [7, 11) is 0. The number of esters is 2. The summed E-state index contributed by atoms with van der Waals surface area (Å²) in [5.41, 5.74) is -4.39. The van der Waals surface area contributed by atoms with Gasteiger partial charge in [0, 0.05) is 27.9 Å². The number of carboxylic acids is 1. The molecule has 0 aromatic heterocycles. The summed E-state index contributed by atoms with van der Waals surface area (Å²) < 4.78 is 49.4. The fourth-order valence-electron chi connectivity index (χ4n) is 16.6. The molecule has 81 heavy (non-hydrogen) atoms. The number of hydrogen-bond donors (Lipinski definition) is 12. The Morgan fingerprint density at radius 3 is 1.75 bits per heavy atom. The number of fused-ring (bicyclic) bond motifs is 7. The van der Waals surface area contributed by atoms with Gasteiger partial charge < -0.3 is 99.2 Å². The van der Waals surface area contributed by atoms with Crippen LogP contribution in [0.1, 0.15) is 115 Å². The zero-order chi connectivity index (χ0) is 60.0. The minimum Gasteiger partial charge on any atom is -0.479 e. The Balaban J connectivity index is 1.14. The third-order valence-electron chi connectivity index (χ3n) is 21.8. The molecule has 8 rings (SSSR count). The molecule has 3 aliphatic heterocycles. The van der Waals surface area contributed by atoms with E-state index in [-0.39, 0.29) is 23.8 Å². The van der Waals surface area contributed by atoms with Crippen molar-refractivity contribution >= 4 is 17.9 Å². The molecular formula is C58H90O23. The van der Waals surface area contributed by atoms with Crippen molar-refractivity contribution in [2.75, 3.05) is 26.4 Å². The zero-order valence-electron chi connectivity index (χ0n) is 48.4. The SMILES string of the molecule is C/C=C(/C)C(=O)O[C@H]1[C@H](OC(=O)/C(C)=C\C)[C@@]2(CO)C(CC1(C)C)C1=CCC3[C@@]4(C)CC[C@H](O[C@@H]5OC(C(=O)O)[C@@H](O)[C@@H](O[C@@H]6O[C@@H](CO)C(O)[C@@H]6O)C5O[C@@H]5OC(CO)[C@H](CO)[C@@H](O)C5O)C(C)(C)C4CC[C@@]3(C)[C@]1(C)[C@@H](O)[C@H]2O. The lowest BCUT2D eigenvalue weighted by Gasteiger charge is -2.73. The highest BCUT2D eigenvalue weighted by Gasteiger charge is 2.76. The molecule has 4 saturated carbocycles. The molecule has 0 bridgehead atoms. The van der Waals surface area contributed by atoms with Crippen LogP contribution in [0, 0.1) is 56.2 Å². The van der Waals surface area contributed by atoms with Gasteiger partial charge in [-0.25, -0.2) is 14.4 Å². The maximum atomic E-state index is 13.9. The molecule has 8 unspecified atom stereocenters. The van der Waals surface area contributed by atoms with Gasteiger partial charge >= 0.3 is 17.9 Å². The van der Waals surface area contributed by atoms with Crippen LogP contribution in [0.2, 0.25) is 0 Å². The second-order valence-corrected chi connectivity index (χ2v) is 26.4. The van der Waals surface area contributed by atoms with Crippen molar-refractivity contribution in [2.24, 2.45) is 56.2 Å². The minimum atomic E-state index is -2.12. The molecule has 0 radical (unpaired) electrons. The predicted octanol–water partition coefficient (Wildman–Crippen LogP) is 0.510. The van der Waals surface area contributed by atoms with Crippen molar-refractivity contribution in [2.45, 2.75) is 225 Å². The highest BCUT2D eigenvalue weighted by Crippen LogP contribution is 2.76. The molecule has 26 atom stereocenters. The highest BCUT2D eigenvalue weighted by atomic mass is 16.8. The van der Waals surface area contributed by atoms with E-state index in [9.17, 15) is 75.7 Å². The summed E-state index contributed by atoms with van der Waals surface area (Å²) in [4.78, 5) is 40.4. The van der Waals surface area contributed by atoms with E-state index in [0.717, 1.165) is 5.57 Å². The number of ether oxygens (including phenoxy) is 8. The second-order valence-electron chi connectivity index (χ2n) is 26.4. The molecule has 0 aromatic carbocycles. The Hall–Kier alpha value is -3.05. The standard InChI is InChI=1S/C58H90O23/c1-12-25(3)48(72)80-45-46(81-49(73)26(4)13-2)58(24-62)29(20-53(45,5)6)28-14-15-33-55(9)18-17-34(54(7,8)32(55)16-19-56(33,10)57(28,11)43(68)44(58)69)76-52-42(79-50-37(65)35(63)27(21-59)30(22-60)74-50)40(39(67)41(78-52)47(70)71)77-51-38(66)36(64)31(23-61)75-51/h12-14,27,29-46,50-52,59-69H,15-24H2,1-11H3,(H,70,71)/b25-12-,26-13-/t27-,29?,30?,31-,32?,33?,34-,35+,36?,37?,38-,39-,40+,41?,42?,43-,44+,45-,46-,50-,51-,52+,55-,56+,57-,58-/m0/s1. The summed E-state index contributed by atoms with van der Waals surface area (Å²) in [5, 5.41) is 134. The van der Waals surface area contributed by atoms with Crippen LogP contribution >= 0.6 is 0 Å². The number of aliphatic carboxylic acids is 1. The number of allylic oxidation sites excluding steroid dienone is 3. The largest absolute Gasteiger partial charge is 0.479 e. The van der Waals surface area contributed by atoms with Gasteiger partial charge in [-0.2, -0.15) is 0 Å². The van der Waals surface area contributed by atoms with E-state index in [2.05, 4.69) is 19.9 Å². The number of carbonyl (C=O) groups is 3. The molecule has 12 N–H and O–H groups in total. The van der Waals surface area contributed by atoms with Gasteiger partial charge in [0.25, 0.3) is 0 Å². The Morgan fingerprint density at radius 2 is 1.21 bits per heavy atom. The van der Waals surface area contributed by atoms with Crippen LogP contribution in [0.5, 0.6) is 0 Å². The summed E-state index contributed by atoms with van der Waals surface area (Å²) in [5.74, 6) is -5.16. The van der Waals surface area contributed by atoms with Crippen LogP contribution in [0.4, 0.5) is 0 Å². The van der Waals surface area contributed by atoms with Gasteiger partial charge in [-0.15, -0.1) is 0 Å². The lowest BCUT2D eigenvalue weighted by Crippen LogP contribution is -2.76. The first-order valence-electron chi connectivity index (χ1n) is 28.6. The molecule has 8 aliphatic rings. The van der Waals surface area contributed by atoms with Crippen LogP contribution in [-0.2, 0) is 52.3 Å². The number of aliphatic hydroxyl groups is 11. The van der Waals surface area contributed by atoms with Gasteiger partial charge in [0.2, 0.25) is 0 Å². The van der Waals surface area contributed by atoms with Gasteiger partial charge in [-0.05, 0) is 100 Å². The van der Waals surface area contributed by atoms with Gasteiger partial charge in [0.05, 0.1) is 62.4 Å². The molecule has 3 saturated heterocycles. The number of carboxylic acid groups (broad SMARTS) is 1. The zero-order valence-corrected chi connectivity index (χ0v) is 48.4. The Bertz CT molecular complexity index is 2410.